The van der Waals surface area contributed by atoms with Crippen LogP contribution in [-0.2, 0) is 6.42 Å². The first kappa shape index (κ1) is 15.3. The number of furan rings is 1. The fourth-order valence-corrected chi connectivity index (χ4v) is 2.14. The van der Waals surface area contributed by atoms with Gasteiger partial charge < -0.3 is 14.5 Å². The Morgan fingerprint density at radius 2 is 2.24 bits per heavy atom. The summed E-state index contributed by atoms with van der Waals surface area (Å²) in [5, 5.41) is 13.8. The molecule has 0 atom stereocenters. The van der Waals surface area contributed by atoms with Crippen molar-refractivity contribution in [2.45, 2.75) is 6.42 Å². The molecule has 112 valence electrons. The van der Waals surface area contributed by atoms with Gasteiger partial charge in [0.05, 0.1) is 18.1 Å². The highest BCUT2D eigenvalue weighted by atomic mass is 79.9. The van der Waals surface area contributed by atoms with Crippen molar-refractivity contribution in [2.75, 3.05) is 19.0 Å². The maximum absolute atomic E-state index is 13.5. The van der Waals surface area contributed by atoms with E-state index in [9.17, 15) is 14.5 Å². The van der Waals surface area contributed by atoms with E-state index in [0.29, 0.717) is 17.6 Å². The number of nitrogens with zero attached hydrogens (tertiary/aromatic N) is 1. The largest absolute Gasteiger partial charge is 0.494 e. The topological polar surface area (TPSA) is 77.5 Å². The Balaban J connectivity index is 2.12. The Morgan fingerprint density at radius 1 is 1.48 bits per heavy atom. The van der Waals surface area contributed by atoms with Crippen LogP contribution in [0.15, 0.2) is 33.4 Å². The summed E-state index contributed by atoms with van der Waals surface area (Å²) in [6.45, 7) is 0.398. The van der Waals surface area contributed by atoms with Crippen molar-refractivity contribution >= 4 is 27.3 Å². The number of nitro groups is 1. The summed E-state index contributed by atoms with van der Waals surface area (Å²) in [6.07, 6.45) is 0.530. The molecule has 2 rings (SSSR count). The van der Waals surface area contributed by atoms with Gasteiger partial charge in [0, 0.05) is 19.0 Å². The zero-order chi connectivity index (χ0) is 15.4. The molecular weight excluding hydrogens is 347 g/mol. The van der Waals surface area contributed by atoms with E-state index in [-0.39, 0.29) is 17.1 Å². The Labute approximate surface area is 128 Å². The van der Waals surface area contributed by atoms with E-state index >= 15 is 0 Å². The van der Waals surface area contributed by atoms with E-state index in [0.717, 1.165) is 11.8 Å². The van der Waals surface area contributed by atoms with Crippen molar-refractivity contribution in [3.63, 3.8) is 0 Å². The molecule has 1 aromatic carbocycles. The van der Waals surface area contributed by atoms with Crippen LogP contribution in [0.25, 0.3) is 0 Å². The summed E-state index contributed by atoms with van der Waals surface area (Å²) in [5.41, 5.74) is -0.141. The second kappa shape index (κ2) is 6.57. The zero-order valence-electron chi connectivity index (χ0n) is 11.1. The van der Waals surface area contributed by atoms with Crippen LogP contribution in [-0.4, -0.2) is 18.6 Å². The third-order valence-corrected chi connectivity index (χ3v) is 3.21. The number of hydrogen-bond acceptors (Lipinski definition) is 5. The van der Waals surface area contributed by atoms with Crippen molar-refractivity contribution in [2.24, 2.45) is 0 Å². The van der Waals surface area contributed by atoms with Crippen LogP contribution in [0.5, 0.6) is 5.75 Å². The molecule has 0 amide bonds. The van der Waals surface area contributed by atoms with Gasteiger partial charge in [0.2, 0.25) is 0 Å². The molecule has 6 nitrogen and oxygen atoms in total. The van der Waals surface area contributed by atoms with Crippen molar-refractivity contribution in [3.05, 3.63) is 50.6 Å². The third-order valence-electron chi connectivity index (χ3n) is 2.78. The molecular formula is C13H12BrFN2O4. The van der Waals surface area contributed by atoms with E-state index in [2.05, 4.69) is 21.2 Å². The Morgan fingerprint density at radius 3 is 2.81 bits per heavy atom. The van der Waals surface area contributed by atoms with Gasteiger partial charge >= 0.3 is 0 Å². The van der Waals surface area contributed by atoms with Crippen LogP contribution < -0.4 is 10.1 Å². The van der Waals surface area contributed by atoms with Gasteiger partial charge in [-0.15, -0.1) is 0 Å². The monoisotopic (exact) mass is 358 g/mol. The number of anilines is 1. The van der Waals surface area contributed by atoms with Gasteiger partial charge in [0.25, 0.3) is 5.69 Å². The van der Waals surface area contributed by atoms with Crippen LogP contribution in [0.3, 0.4) is 0 Å². The average Bonchev–Trinajstić information content (AvgIpc) is 2.85. The number of nitrogens with one attached hydrogen (secondary N) is 1. The number of hydrogen-bond donors (Lipinski definition) is 1. The molecule has 1 N–H and O–H groups in total. The summed E-state index contributed by atoms with van der Waals surface area (Å²) >= 11 is 3.19. The number of benzene rings is 1. The van der Waals surface area contributed by atoms with Crippen molar-refractivity contribution in [3.8, 4) is 5.75 Å². The smallest absolute Gasteiger partial charge is 0.295 e. The lowest BCUT2D eigenvalue weighted by molar-refractivity contribution is -0.384. The Bertz CT molecular complexity index is 660. The van der Waals surface area contributed by atoms with E-state index < -0.39 is 10.7 Å². The Kier molecular flexibility index (Phi) is 4.79. The molecule has 1 aromatic heterocycles. The fourth-order valence-electron chi connectivity index (χ4n) is 1.80. The summed E-state index contributed by atoms with van der Waals surface area (Å²) in [7, 11) is 1.30. The highest BCUT2D eigenvalue weighted by Crippen LogP contribution is 2.31. The first-order chi connectivity index (χ1) is 10.0. The number of ether oxygens (including phenoxy) is 1. The van der Waals surface area contributed by atoms with E-state index in [4.69, 9.17) is 9.15 Å². The highest BCUT2D eigenvalue weighted by Gasteiger charge is 2.18. The average molecular weight is 359 g/mol. The minimum absolute atomic E-state index is 0.0520. The molecule has 0 unspecified atom stereocenters. The normalized spacial score (nSPS) is 10.4. The number of rotatable bonds is 6. The molecule has 0 aliphatic carbocycles. The first-order valence-electron chi connectivity index (χ1n) is 6.01. The second-order valence-corrected chi connectivity index (χ2v) is 4.93. The maximum atomic E-state index is 13.5. The Hall–Kier alpha value is -2.09. The van der Waals surface area contributed by atoms with Crippen LogP contribution in [0.4, 0.5) is 15.8 Å². The second-order valence-electron chi connectivity index (χ2n) is 4.14. The summed E-state index contributed by atoms with van der Waals surface area (Å²) in [5.74, 6) is -0.0975. The predicted molar refractivity (Wildman–Crippen MR) is 78.2 cm³/mol. The van der Waals surface area contributed by atoms with Gasteiger partial charge in [0.1, 0.15) is 11.4 Å². The minimum Gasteiger partial charge on any atom is -0.494 e. The van der Waals surface area contributed by atoms with Crippen molar-refractivity contribution in [1.29, 1.82) is 0 Å². The molecule has 8 heteroatoms. The lowest BCUT2D eigenvalue weighted by Crippen LogP contribution is -2.07. The highest BCUT2D eigenvalue weighted by molar-refractivity contribution is 9.10. The summed E-state index contributed by atoms with van der Waals surface area (Å²) in [4.78, 5) is 10.3. The molecule has 21 heavy (non-hydrogen) atoms. The van der Waals surface area contributed by atoms with Gasteiger partial charge in [-0.1, -0.05) is 0 Å². The standard InChI is InChI=1S/C13H12BrFN2O4/c1-20-12-7-10(11(17(18)19)6-9(12)15)16-5-4-8-2-3-13(14)21-8/h2-3,6-7,16H,4-5H2,1H3. The molecule has 0 bridgehead atoms. The molecule has 0 saturated carbocycles. The molecule has 0 saturated heterocycles. The van der Waals surface area contributed by atoms with Crippen LogP contribution in [0.2, 0.25) is 0 Å². The number of halogens is 2. The minimum atomic E-state index is -0.773. The van der Waals surface area contributed by atoms with Gasteiger partial charge in [-0.25, -0.2) is 4.39 Å². The quantitative estimate of drug-likeness (QED) is 0.628. The molecule has 0 fully saturated rings. The van der Waals surface area contributed by atoms with Crippen LogP contribution >= 0.6 is 15.9 Å². The summed E-state index contributed by atoms with van der Waals surface area (Å²) in [6, 6.07) is 5.67. The van der Waals surface area contributed by atoms with Gasteiger partial charge in [-0.05, 0) is 28.1 Å². The van der Waals surface area contributed by atoms with Crippen molar-refractivity contribution < 1.29 is 18.5 Å². The van der Waals surface area contributed by atoms with Crippen molar-refractivity contribution in [1.82, 2.24) is 0 Å². The molecule has 1 heterocycles. The molecule has 2 aromatic rings. The van der Waals surface area contributed by atoms with Crippen LogP contribution in [0, 0.1) is 15.9 Å². The third kappa shape index (κ3) is 3.72. The summed E-state index contributed by atoms with van der Waals surface area (Å²) < 4.78 is 24.3. The first-order valence-corrected chi connectivity index (χ1v) is 6.80. The van der Waals surface area contributed by atoms with Gasteiger partial charge in [-0.3, -0.25) is 10.1 Å². The molecule has 0 spiro atoms. The van der Waals surface area contributed by atoms with Gasteiger partial charge in [-0.2, -0.15) is 0 Å². The molecule has 0 aliphatic heterocycles. The maximum Gasteiger partial charge on any atom is 0.295 e. The van der Waals surface area contributed by atoms with E-state index in [1.54, 1.807) is 12.1 Å². The van der Waals surface area contributed by atoms with E-state index in [1.807, 2.05) is 0 Å². The van der Waals surface area contributed by atoms with Gasteiger partial charge in [0.15, 0.2) is 16.2 Å². The van der Waals surface area contributed by atoms with Crippen LogP contribution in [0.1, 0.15) is 5.76 Å². The zero-order valence-corrected chi connectivity index (χ0v) is 12.6. The fraction of sp³-hybridized carbons (Fsp3) is 0.231. The number of methoxy groups -OCH3 is 1. The SMILES string of the molecule is COc1cc(NCCc2ccc(Br)o2)c([N+](=O)[O-])cc1F. The molecule has 0 radical (unpaired) electrons. The lowest BCUT2D eigenvalue weighted by Gasteiger charge is -2.09. The molecule has 0 aliphatic rings. The predicted octanol–water partition coefficient (Wildman–Crippen LogP) is 3.75. The number of nitro benzene ring substituents is 1. The lowest BCUT2D eigenvalue weighted by atomic mass is 10.2. The van der Waals surface area contributed by atoms with E-state index in [1.165, 1.54) is 13.2 Å².